The van der Waals surface area contributed by atoms with Crippen molar-refractivity contribution in [1.82, 2.24) is 10.2 Å². The number of alkyl halides is 3. The van der Waals surface area contributed by atoms with Gasteiger partial charge in [-0.15, -0.1) is 0 Å². The maximum absolute atomic E-state index is 12.5. The Kier molecular flexibility index (Phi) is 7.99. The average molecular weight is 381 g/mol. The Balaban J connectivity index is 1.83. The molecule has 4 nitrogen and oxygen atoms in total. The molecule has 1 aliphatic carbocycles. The first-order valence-electron chi connectivity index (χ1n) is 9.13. The third kappa shape index (κ3) is 7.92. The molecule has 1 aliphatic rings. The molecule has 0 bridgehead atoms. The minimum atomic E-state index is -4.33. The largest absolute Gasteiger partial charge is 0.416 e. The summed E-state index contributed by atoms with van der Waals surface area (Å²) >= 11 is 0. The average Bonchev–Trinajstić information content (AvgIpc) is 3.45. The Hall–Kier alpha value is -2.20. The second kappa shape index (κ2) is 10.2. The van der Waals surface area contributed by atoms with Gasteiger partial charge in [-0.1, -0.05) is 11.8 Å². The first-order chi connectivity index (χ1) is 12.9. The van der Waals surface area contributed by atoms with Gasteiger partial charge in [0.25, 0.3) is 0 Å². The van der Waals surface area contributed by atoms with Crippen molar-refractivity contribution in [2.45, 2.75) is 25.9 Å². The van der Waals surface area contributed by atoms with Crippen LogP contribution in [0.15, 0.2) is 29.3 Å². The first kappa shape index (κ1) is 21.1. The van der Waals surface area contributed by atoms with E-state index in [0.717, 1.165) is 43.7 Å². The molecule has 2 rings (SSSR count). The number of nitrogens with zero attached hydrogens (tertiary/aromatic N) is 2. The maximum Gasteiger partial charge on any atom is 0.416 e. The first-order valence-corrected chi connectivity index (χ1v) is 9.13. The molecule has 0 atom stereocenters. The normalized spacial score (nSPS) is 14.5. The Bertz CT molecular complexity index is 670. The lowest BCUT2D eigenvalue weighted by atomic mass is 10.1. The van der Waals surface area contributed by atoms with E-state index >= 15 is 0 Å². The number of hydrogen-bond donors (Lipinski definition) is 1. The zero-order valence-corrected chi connectivity index (χ0v) is 15.8. The van der Waals surface area contributed by atoms with Gasteiger partial charge in [-0.05, 0) is 49.9 Å². The molecule has 0 radical (unpaired) electrons. The van der Waals surface area contributed by atoms with Gasteiger partial charge in [0, 0.05) is 32.3 Å². The standard InChI is InChI=1S/C20H26F3N3O/c1-3-24-19(26(2)13-14-27-15-17-6-7-17)25-12-4-5-16-8-10-18(11-9-16)20(21,22)23/h8-11,17H,3,6-7,12-15H2,1-2H3,(H,24,25). The molecule has 1 fully saturated rings. The van der Waals surface area contributed by atoms with Crippen molar-refractivity contribution in [3.8, 4) is 11.8 Å². The maximum atomic E-state index is 12.5. The molecule has 0 heterocycles. The van der Waals surface area contributed by atoms with Crippen molar-refractivity contribution >= 4 is 5.96 Å². The van der Waals surface area contributed by atoms with Crippen LogP contribution in [0.5, 0.6) is 0 Å². The van der Waals surface area contributed by atoms with Crippen LogP contribution in [-0.4, -0.2) is 50.8 Å². The molecule has 0 amide bonds. The van der Waals surface area contributed by atoms with Gasteiger partial charge in [-0.3, -0.25) is 0 Å². The van der Waals surface area contributed by atoms with Gasteiger partial charge in [-0.2, -0.15) is 13.2 Å². The van der Waals surface area contributed by atoms with Crippen LogP contribution in [0.25, 0.3) is 0 Å². The molecule has 148 valence electrons. The fraction of sp³-hybridized carbons (Fsp3) is 0.550. The fourth-order valence-electron chi connectivity index (χ4n) is 2.31. The highest BCUT2D eigenvalue weighted by Crippen LogP contribution is 2.29. The van der Waals surface area contributed by atoms with Crippen LogP contribution < -0.4 is 5.32 Å². The van der Waals surface area contributed by atoms with Gasteiger partial charge in [0.2, 0.25) is 0 Å². The Morgan fingerprint density at radius 1 is 1.30 bits per heavy atom. The van der Waals surface area contributed by atoms with Crippen LogP contribution in [-0.2, 0) is 10.9 Å². The smallest absolute Gasteiger partial charge is 0.379 e. The van der Waals surface area contributed by atoms with Crippen LogP contribution in [0, 0.1) is 17.8 Å². The van der Waals surface area contributed by atoms with E-state index in [1.807, 2.05) is 18.9 Å². The number of ether oxygens (including phenoxy) is 1. The zero-order valence-electron chi connectivity index (χ0n) is 15.8. The number of rotatable bonds is 7. The van der Waals surface area contributed by atoms with E-state index in [-0.39, 0.29) is 6.54 Å². The summed E-state index contributed by atoms with van der Waals surface area (Å²) in [6, 6.07) is 4.81. The predicted molar refractivity (Wildman–Crippen MR) is 100 cm³/mol. The number of hydrogen-bond acceptors (Lipinski definition) is 2. The summed E-state index contributed by atoms with van der Waals surface area (Å²) in [4.78, 5) is 6.42. The SMILES string of the molecule is CCNC(=NCC#Cc1ccc(C(F)(F)F)cc1)N(C)CCOCC1CC1. The minimum Gasteiger partial charge on any atom is -0.379 e. The summed E-state index contributed by atoms with van der Waals surface area (Å²) in [6.45, 7) is 5.19. The predicted octanol–water partition coefficient (Wildman–Crippen LogP) is 3.38. The molecule has 1 aromatic rings. The lowest BCUT2D eigenvalue weighted by molar-refractivity contribution is -0.137. The lowest BCUT2D eigenvalue weighted by Gasteiger charge is -2.21. The van der Waals surface area contributed by atoms with E-state index in [9.17, 15) is 13.2 Å². The lowest BCUT2D eigenvalue weighted by Crippen LogP contribution is -2.40. The number of aliphatic imine (C=N–C) groups is 1. The van der Waals surface area contributed by atoms with Crippen molar-refractivity contribution in [3.63, 3.8) is 0 Å². The minimum absolute atomic E-state index is 0.261. The van der Waals surface area contributed by atoms with Gasteiger partial charge in [0.1, 0.15) is 6.54 Å². The summed E-state index contributed by atoms with van der Waals surface area (Å²) in [5.74, 6) is 7.19. The molecule has 1 N–H and O–H groups in total. The highest BCUT2D eigenvalue weighted by atomic mass is 19.4. The van der Waals surface area contributed by atoms with Gasteiger partial charge in [0.05, 0.1) is 12.2 Å². The van der Waals surface area contributed by atoms with Crippen molar-refractivity contribution in [2.75, 3.05) is 39.9 Å². The fourth-order valence-corrected chi connectivity index (χ4v) is 2.31. The molecule has 27 heavy (non-hydrogen) atoms. The number of likely N-dealkylation sites (N-methyl/N-ethyl adjacent to an activating group) is 1. The second-order valence-electron chi connectivity index (χ2n) is 6.49. The molecule has 0 aliphatic heterocycles. The zero-order chi connectivity index (χ0) is 19.7. The van der Waals surface area contributed by atoms with Crippen LogP contribution in [0.2, 0.25) is 0 Å². The highest BCUT2D eigenvalue weighted by Gasteiger charge is 2.29. The summed E-state index contributed by atoms with van der Waals surface area (Å²) in [5, 5.41) is 3.19. The van der Waals surface area contributed by atoms with E-state index < -0.39 is 11.7 Å². The summed E-state index contributed by atoms with van der Waals surface area (Å²) in [5.41, 5.74) is -0.143. The Morgan fingerprint density at radius 2 is 2.00 bits per heavy atom. The van der Waals surface area contributed by atoms with Crippen LogP contribution >= 0.6 is 0 Å². The number of benzene rings is 1. The van der Waals surface area contributed by atoms with Crippen LogP contribution in [0.1, 0.15) is 30.9 Å². The molecule has 0 saturated heterocycles. The number of nitrogens with one attached hydrogen (secondary N) is 1. The van der Waals surface area contributed by atoms with Gasteiger partial charge < -0.3 is 15.0 Å². The van der Waals surface area contributed by atoms with E-state index in [1.165, 1.54) is 25.0 Å². The summed E-state index contributed by atoms with van der Waals surface area (Å²) < 4.78 is 43.3. The van der Waals surface area contributed by atoms with Crippen molar-refractivity contribution in [2.24, 2.45) is 10.9 Å². The highest BCUT2D eigenvalue weighted by molar-refractivity contribution is 5.79. The third-order valence-corrected chi connectivity index (χ3v) is 4.07. The van der Waals surface area contributed by atoms with Gasteiger partial charge >= 0.3 is 6.18 Å². The molecule has 0 unspecified atom stereocenters. The van der Waals surface area contributed by atoms with E-state index in [0.29, 0.717) is 12.2 Å². The van der Waals surface area contributed by atoms with E-state index in [4.69, 9.17) is 4.74 Å². The quantitative estimate of drug-likeness (QED) is 0.341. The summed E-state index contributed by atoms with van der Waals surface area (Å²) in [7, 11) is 1.94. The topological polar surface area (TPSA) is 36.9 Å². The molecule has 0 aromatic heterocycles. The molecular weight excluding hydrogens is 355 g/mol. The van der Waals surface area contributed by atoms with Gasteiger partial charge in [0.15, 0.2) is 5.96 Å². The van der Waals surface area contributed by atoms with E-state index in [2.05, 4.69) is 22.2 Å². The molecule has 0 spiro atoms. The van der Waals surface area contributed by atoms with E-state index in [1.54, 1.807) is 0 Å². The molecule has 7 heteroatoms. The van der Waals surface area contributed by atoms with Crippen molar-refractivity contribution < 1.29 is 17.9 Å². The Labute approximate surface area is 158 Å². The second-order valence-corrected chi connectivity index (χ2v) is 6.49. The number of halogens is 3. The van der Waals surface area contributed by atoms with Crippen molar-refractivity contribution in [1.29, 1.82) is 0 Å². The monoisotopic (exact) mass is 381 g/mol. The van der Waals surface area contributed by atoms with Crippen LogP contribution in [0.4, 0.5) is 13.2 Å². The number of guanidine groups is 1. The van der Waals surface area contributed by atoms with Gasteiger partial charge in [-0.25, -0.2) is 4.99 Å². The Morgan fingerprint density at radius 3 is 2.59 bits per heavy atom. The molecular formula is C20H26F3N3O. The third-order valence-electron chi connectivity index (χ3n) is 4.07. The molecule has 1 saturated carbocycles. The summed E-state index contributed by atoms with van der Waals surface area (Å²) in [6.07, 6.45) is -1.78. The molecule has 1 aromatic carbocycles. The van der Waals surface area contributed by atoms with Crippen molar-refractivity contribution in [3.05, 3.63) is 35.4 Å². The van der Waals surface area contributed by atoms with Crippen LogP contribution in [0.3, 0.4) is 0 Å².